The zero-order valence-electron chi connectivity index (χ0n) is 15.7. The van der Waals surface area contributed by atoms with Crippen LogP contribution in [0.4, 0.5) is 10.2 Å². The van der Waals surface area contributed by atoms with Gasteiger partial charge in [-0.3, -0.25) is 0 Å². The van der Waals surface area contributed by atoms with Gasteiger partial charge in [0.2, 0.25) is 5.28 Å². The molecule has 0 unspecified atom stereocenters. The highest BCUT2D eigenvalue weighted by Crippen LogP contribution is 2.31. The average molecular weight is 393 g/mol. The Hall–Kier alpha value is -1.66. The van der Waals surface area contributed by atoms with Crippen molar-refractivity contribution in [3.63, 3.8) is 0 Å². The maximum atomic E-state index is 14.0. The summed E-state index contributed by atoms with van der Waals surface area (Å²) >= 11 is 6.07. The molecule has 0 atom stereocenters. The van der Waals surface area contributed by atoms with E-state index in [1.807, 2.05) is 0 Å². The van der Waals surface area contributed by atoms with Gasteiger partial charge in [-0.1, -0.05) is 19.3 Å². The molecule has 2 aliphatic rings. The summed E-state index contributed by atoms with van der Waals surface area (Å²) in [6, 6.07) is 4.08. The van der Waals surface area contributed by atoms with Gasteiger partial charge >= 0.3 is 0 Å². The molecule has 1 saturated heterocycles. The summed E-state index contributed by atoms with van der Waals surface area (Å²) in [5, 5.41) is 4.37. The van der Waals surface area contributed by atoms with Crippen molar-refractivity contribution in [3.8, 4) is 5.75 Å². The highest BCUT2D eigenvalue weighted by atomic mass is 35.5. The van der Waals surface area contributed by atoms with E-state index >= 15 is 0 Å². The number of halogens is 2. The molecule has 1 N–H and O–H groups in total. The number of methoxy groups -OCH3 is 1. The first-order chi connectivity index (χ1) is 13.1. The van der Waals surface area contributed by atoms with Crippen LogP contribution in [-0.4, -0.2) is 47.2 Å². The fraction of sp³-hybridized carbons (Fsp3) is 0.600. The third kappa shape index (κ3) is 4.11. The molecule has 146 valence electrons. The average Bonchev–Trinajstić information content (AvgIpc) is 2.68. The van der Waals surface area contributed by atoms with E-state index in [0.717, 1.165) is 37.4 Å². The SMILES string of the molecule is COc1cc2c(NC3CCN(C4CCCCC4)CC3)nc(Cl)nc2cc1F. The highest BCUT2D eigenvalue weighted by Gasteiger charge is 2.26. The number of benzene rings is 1. The third-order valence-electron chi connectivity index (χ3n) is 5.90. The quantitative estimate of drug-likeness (QED) is 0.768. The molecule has 0 bridgehead atoms. The number of fused-ring (bicyclic) bond motifs is 1. The van der Waals surface area contributed by atoms with Crippen molar-refractivity contribution in [2.75, 3.05) is 25.5 Å². The Balaban J connectivity index is 1.48. The molecule has 1 aromatic heterocycles. The second-order valence-corrected chi connectivity index (χ2v) is 7.93. The van der Waals surface area contributed by atoms with Gasteiger partial charge in [0.15, 0.2) is 11.6 Å². The Kier molecular flexibility index (Phi) is 5.64. The molecule has 2 fully saturated rings. The lowest BCUT2D eigenvalue weighted by Gasteiger charge is -2.39. The van der Waals surface area contributed by atoms with Crippen LogP contribution >= 0.6 is 11.6 Å². The Bertz CT molecular complexity index is 804. The number of aromatic nitrogens is 2. The van der Waals surface area contributed by atoms with Crippen molar-refractivity contribution in [1.82, 2.24) is 14.9 Å². The normalized spacial score (nSPS) is 20.1. The summed E-state index contributed by atoms with van der Waals surface area (Å²) in [6.07, 6.45) is 8.94. The number of rotatable bonds is 4. The number of piperidine rings is 1. The van der Waals surface area contributed by atoms with E-state index in [9.17, 15) is 4.39 Å². The molecule has 1 aliphatic carbocycles. The molecular formula is C20H26ClFN4O. The Labute approximate surface area is 164 Å². The van der Waals surface area contributed by atoms with Crippen LogP contribution in [-0.2, 0) is 0 Å². The summed E-state index contributed by atoms with van der Waals surface area (Å²) in [5.41, 5.74) is 0.482. The molecule has 5 nitrogen and oxygen atoms in total. The van der Waals surface area contributed by atoms with E-state index in [0.29, 0.717) is 17.4 Å². The zero-order valence-corrected chi connectivity index (χ0v) is 16.4. The number of ether oxygens (including phenoxy) is 1. The second-order valence-electron chi connectivity index (χ2n) is 7.59. The van der Waals surface area contributed by atoms with Crippen LogP contribution < -0.4 is 10.1 Å². The van der Waals surface area contributed by atoms with Crippen LogP contribution in [0.15, 0.2) is 12.1 Å². The van der Waals surface area contributed by atoms with Crippen LogP contribution in [0.2, 0.25) is 5.28 Å². The summed E-state index contributed by atoms with van der Waals surface area (Å²) < 4.78 is 19.1. The van der Waals surface area contributed by atoms with Crippen molar-refractivity contribution in [2.24, 2.45) is 0 Å². The molecule has 0 spiro atoms. The first kappa shape index (κ1) is 18.7. The maximum Gasteiger partial charge on any atom is 0.224 e. The Morgan fingerprint density at radius 2 is 1.85 bits per heavy atom. The number of nitrogens with zero attached hydrogens (tertiary/aromatic N) is 3. The predicted octanol–water partition coefficient (Wildman–Crippen LogP) is 4.64. The van der Waals surface area contributed by atoms with Crippen LogP contribution in [0.3, 0.4) is 0 Å². The van der Waals surface area contributed by atoms with Gasteiger partial charge in [0.1, 0.15) is 5.82 Å². The van der Waals surface area contributed by atoms with Gasteiger partial charge in [-0.25, -0.2) is 14.4 Å². The Morgan fingerprint density at radius 1 is 1.11 bits per heavy atom. The minimum absolute atomic E-state index is 0.120. The van der Waals surface area contributed by atoms with Gasteiger partial charge in [0.25, 0.3) is 0 Å². The van der Waals surface area contributed by atoms with Crippen LogP contribution in [0, 0.1) is 5.82 Å². The first-order valence-corrected chi connectivity index (χ1v) is 10.2. The van der Waals surface area contributed by atoms with E-state index in [4.69, 9.17) is 16.3 Å². The number of hydrogen-bond donors (Lipinski definition) is 1. The molecule has 1 aromatic carbocycles. The second kappa shape index (κ2) is 8.15. The molecule has 1 saturated carbocycles. The largest absolute Gasteiger partial charge is 0.494 e. The molecule has 2 aromatic rings. The molecule has 2 heterocycles. The zero-order chi connectivity index (χ0) is 18.8. The van der Waals surface area contributed by atoms with Crippen LogP contribution in [0.25, 0.3) is 10.9 Å². The highest BCUT2D eigenvalue weighted by molar-refractivity contribution is 6.28. The van der Waals surface area contributed by atoms with Gasteiger partial charge in [-0.15, -0.1) is 0 Å². The number of hydrogen-bond acceptors (Lipinski definition) is 5. The summed E-state index contributed by atoms with van der Waals surface area (Å²) in [7, 11) is 1.45. The number of anilines is 1. The van der Waals surface area contributed by atoms with Gasteiger partial charge in [-0.05, 0) is 43.4 Å². The van der Waals surface area contributed by atoms with Crippen molar-refractivity contribution < 1.29 is 9.13 Å². The molecule has 27 heavy (non-hydrogen) atoms. The van der Waals surface area contributed by atoms with Gasteiger partial charge < -0.3 is 15.0 Å². The van der Waals surface area contributed by atoms with Crippen LogP contribution in [0.1, 0.15) is 44.9 Å². The van der Waals surface area contributed by atoms with E-state index < -0.39 is 5.82 Å². The number of likely N-dealkylation sites (tertiary alicyclic amines) is 1. The predicted molar refractivity (Wildman–Crippen MR) is 106 cm³/mol. The monoisotopic (exact) mass is 392 g/mol. The summed E-state index contributed by atoms with van der Waals surface area (Å²) in [4.78, 5) is 11.2. The minimum Gasteiger partial charge on any atom is -0.494 e. The van der Waals surface area contributed by atoms with Gasteiger partial charge in [0.05, 0.1) is 12.6 Å². The van der Waals surface area contributed by atoms with E-state index in [2.05, 4.69) is 20.2 Å². The lowest BCUT2D eigenvalue weighted by molar-refractivity contribution is 0.126. The van der Waals surface area contributed by atoms with E-state index in [1.165, 1.54) is 45.3 Å². The van der Waals surface area contributed by atoms with Gasteiger partial charge in [-0.2, -0.15) is 0 Å². The van der Waals surface area contributed by atoms with E-state index in [1.54, 1.807) is 6.07 Å². The van der Waals surface area contributed by atoms with Crippen molar-refractivity contribution in [2.45, 2.75) is 57.0 Å². The first-order valence-electron chi connectivity index (χ1n) is 9.85. The smallest absolute Gasteiger partial charge is 0.224 e. The summed E-state index contributed by atoms with van der Waals surface area (Å²) in [6.45, 7) is 2.22. The van der Waals surface area contributed by atoms with E-state index in [-0.39, 0.29) is 11.0 Å². The number of nitrogens with one attached hydrogen (secondary N) is 1. The molecule has 0 radical (unpaired) electrons. The maximum absolute atomic E-state index is 14.0. The van der Waals surface area contributed by atoms with Gasteiger partial charge in [0, 0.05) is 36.6 Å². The minimum atomic E-state index is -0.452. The lowest BCUT2D eigenvalue weighted by atomic mass is 9.92. The van der Waals surface area contributed by atoms with Crippen LogP contribution in [0.5, 0.6) is 5.75 Å². The topological polar surface area (TPSA) is 50.3 Å². The molecule has 7 heteroatoms. The third-order valence-corrected chi connectivity index (χ3v) is 6.07. The van der Waals surface area contributed by atoms with Crippen molar-refractivity contribution in [1.29, 1.82) is 0 Å². The molecular weight excluding hydrogens is 367 g/mol. The Morgan fingerprint density at radius 3 is 2.56 bits per heavy atom. The molecule has 4 rings (SSSR count). The fourth-order valence-corrected chi connectivity index (χ4v) is 4.59. The van der Waals surface area contributed by atoms with Crippen molar-refractivity contribution in [3.05, 3.63) is 23.2 Å². The lowest BCUT2D eigenvalue weighted by Crippen LogP contribution is -2.45. The molecule has 1 aliphatic heterocycles. The standard InChI is InChI=1S/C20H26ClFN4O/c1-27-18-11-15-17(12-16(18)22)24-20(21)25-19(15)23-13-7-9-26(10-8-13)14-5-3-2-4-6-14/h11-14H,2-10H2,1H3,(H,23,24,25). The molecule has 0 amide bonds. The fourth-order valence-electron chi connectivity index (χ4n) is 4.42. The summed E-state index contributed by atoms with van der Waals surface area (Å²) in [5.74, 6) is 0.384. The van der Waals surface area contributed by atoms with Crippen molar-refractivity contribution >= 4 is 28.3 Å².